The normalized spacial score (nSPS) is 19.4. The molecule has 0 amide bonds. The van der Waals surface area contributed by atoms with Crippen LogP contribution in [0.4, 0.5) is 4.39 Å². The number of nitrogens with zero attached hydrogens (tertiary/aromatic N) is 2. The van der Waals surface area contributed by atoms with E-state index in [0.29, 0.717) is 23.5 Å². The minimum atomic E-state index is -0.646. The Bertz CT molecular complexity index is 1130. The monoisotopic (exact) mass is 404 g/mol. The fourth-order valence-electron chi connectivity index (χ4n) is 4.11. The number of hydrogen-bond donors (Lipinski definition) is 0. The Morgan fingerprint density at radius 1 is 0.967 bits per heavy atom. The van der Waals surface area contributed by atoms with Crippen molar-refractivity contribution in [2.45, 2.75) is 18.7 Å². The molecule has 0 fully saturated rings. The van der Waals surface area contributed by atoms with Crippen LogP contribution in [-0.4, -0.2) is 24.9 Å². The van der Waals surface area contributed by atoms with E-state index in [9.17, 15) is 4.39 Å². The van der Waals surface area contributed by atoms with Crippen molar-refractivity contribution in [2.24, 2.45) is 5.10 Å². The molecule has 0 N–H and O–H groups in total. The van der Waals surface area contributed by atoms with Crippen molar-refractivity contribution in [1.29, 1.82) is 0 Å². The van der Waals surface area contributed by atoms with Crippen molar-refractivity contribution in [1.82, 2.24) is 5.01 Å². The molecule has 30 heavy (non-hydrogen) atoms. The van der Waals surface area contributed by atoms with Crippen LogP contribution >= 0.6 is 0 Å². The molecule has 0 unspecified atom stereocenters. The van der Waals surface area contributed by atoms with Crippen LogP contribution in [0.15, 0.2) is 71.8 Å². The fraction of sp³-hybridized carbons (Fsp3) is 0.208. The number of halogens is 1. The van der Waals surface area contributed by atoms with Crippen LogP contribution in [0, 0.1) is 5.82 Å². The lowest BCUT2D eigenvalue weighted by atomic mass is 9.95. The summed E-state index contributed by atoms with van der Waals surface area (Å²) in [6.45, 7) is 0. The summed E-state index contributed by atoms with van der Waals surface area (Å²) < 4.78 is 31.8. The van der Waals surface area contributed by atoms with E-state index < -0.39 is 6.23 Å². The molecule has 2 heterocycles. The number of hydrazone groups is 1. The van der Waals surface area contributed by atoms with Crippen LogP contribution < -0.4 is 14.2 Å². The van der Waals surface area contributed by atoms with Crippen LogP contribution in [0.1, 0.15) is 35.4 Å². The van der Waals surface area contributed by atoms with Gasteiger partial charge in [0.2, 0.25) is 6.23 Å². The molecule has 0 saturated heterocycles. The van der Waals surface area contributed by atoms with Crippen LogP contribution in [-0.2, 0) is 0 Å². The van der Waals surface area contributed by atoms with Gasteiger partial charge in [-0.05, 0) is 24.3 Å². The molecule has 2 aliphatic heterocycles. The van der Waals surface area contributed by atoms with Crippen molar-refractivity contribution in [3.8, 4) is 17.2 Å². The second kappa shape index (κ2) is 7.37. The van der Waals surface area contributed by atoms with Gasteiger partial charge in [-0.2, -0.15) is 5.10 Å². The molecular formula is C24H21FN2O3. The summed E-state index contributed by atoms with van der Waals surface area (Å²) in [5, 5.41) is 6.74. The molecule has 0 spiro atoms. The van der Waals surface area contributed by atoms with E-state index in [1.54, 1.807) is 26.4 Å². The van der Waals surface area contributed by atoms with Crippen molar-refractivity contribution in [2.75, 3.05) is 14.2 Å². The van der Waals surface area contributed by atoms with E-state index in [1.807, 2.05) is 53.5 Å². The molecule has 3 aromatic carbocycles. The minimum absolute atomic E-state index is 0.0543. The first-order valence-corrected chi connectivity index (χ1v) is 9.78. The highest BCUT2D eigenvalue weighted by Gasteiger charge is 2.42. The molecule has 5 rings (SSSR count). The first-order chi connectivity index (χ1) is 14.7. The molecule has 6 heteroatoms. The lowest BCUT2D eigenvalue weighted by Crippen LogP contribution is -2.34. The van der Waals surface area contributed by atoms with E-state index in [2.05, 4.69) is 0 Å². The van der Waals surface area contributed by atoms with Gasteiger partial charge in [-0.25, -0.2) is 9.40 Å². The quantitative estimate of drug-likeness (QED) is 0.608. The topological polar surface area (TPSA) is 43.3 Å². The van der Waals surface area contributed by atoms with Gasteiger partial charge in [0.15, 0.2) is 0 Å². The molecule has 2 atom stereocenters. The Hall–Kier alpha value is -3.54. The molecule has 0 saturated carbocycles. The van der Waals surface area contributed by atoms with Gasteiger partial charge < -0.3 is 14.2 Å². The van der Waals surface area contributed by atoms with Gasteiger partial charge in [0.05, 0.1) is 31.5 Å². The Morgan fingerprint density at radius 3 is 2.50 bits per heavy atom. The number of ether oxygens (including phenoxy) is 3. The largest absolute Gasteiger partial charge is 0.497 e. The van der Waals surface area contributed by atoms with E-state index in [-0.39, 0.29) is 11.9 Å². The molecule has 152 valence electrons. The van der Waals surface area contributed by atoms with E-state index in [0.717, 1.165) is 22.6 Å². The maximum atomic E-state index is 14.6. The zero-order chi connectivity index (χ0) is 20.7. The second-order valence-corrected chi connectivity index (χ2v) is 7.24. The number of fused-ring (bicyclic) bond motifs is 3. The third kappa shape index (κ3) is 2.96. The molecule has 0 bridgehead atoms. The van der Waals surface area contributed by atoms with Gasteiger partial charge in [-0.1, -0.05) is 36.4 Å². The Morgan fingerprint density at radius 2 is 1.73 bits per heavy atom. The standard InChI is InChI=1S/C24H21FN2O3/c1-28-15-11-12-17(23(13-15)29-2)20-14-21-18-8-4-6-10-22(18)30-24(27(21)26-20)16-7-3-5-9-19(16)25/h3-13,21,24H,14H2,1-2H3/t21-,24-/m1/s1. The first-order valence-electron chi connectivity index (χ1n) is 9.78. The first kappa shape index (κ1) is 18.5. The van der Waals surface area contributed by atoms with Gasteiger partial charge >= 0.3 is 0 Å². The zero-order valence-corrected chi connectivity index (χ0v) is 16.7. The van der Waals surface area contributed by atoms with Crippen LogP contribution in [0.3, 0.4) is 0 Å². The third-order valence-corrected chi connectivity index (χ3v) is 5.59. The molecule has 5 nitrogen and oxygen atoms in total. The van der Waals surface area contributed by atoms with Crippen LogP contribution in [0.25, 0.3) is 0 Å². The molecule has 2 aliphatic rings. The minimum Gasteiger partial charge on any atom is -0.497 e. The predicted octanol–water partition coefficient (Wildman–Crippen LogP) is 5.09. The SMILES string of the molecule is COc1ccc(C2=NN3[C@H](C2)c2ccccc2O[C@@H]3c2ccccc2F)c(OC)c1. The van der Waals surface area contributed by atoms with Crippen LogP contribution in [0.5, 0.6) is 17.2 Å². The van der Waals surface area contributed by atoms with Crippen LogP contribution in [0.2, 0.25) is 0 Å². The fourth-order valence-corrected chi connectivity index (χ4v) is 4.11. The highest BCUT2D eigenvalue weighted by molar-refractivity contribution is 6.04. The lowest BCUT2D eigenvalue weighted by molar-refractivity contribution is -0.0212. The van der Waals surface area contributed by atoms with Gasteiger partial charge in [-0.15, -0.1) is 0 Å². The summed E-state index contributed by atoms with van der Waals surface area (Å²) in [6, 6.07) is 20.2. The van der Waals surface area contributed by atoms with Crippen molar-refractivity contribution < 1.29 is 18.6 Å². The van der Waals surface area contributed by atoms with Crippen molar-refractivity contribution in [3.05, 3.63) is 89.2 Å². The highest BCUT2D eigenvalue weighted by atomic mass is 19.1. The molecule has 0 radical (unpaired) electrons. The van der Waals surface area contributed by atoms with Gasteiger partial charge in [0.25, 0.3) is 0 Å². The maximum Gasteiger partial charge on any atom is 0.216 e. The van der Waals surface area contributed by atoms with E-state index in [4.69, 9.17) is 19.3 Å². The number of hydrogen-bond acceptors (Lipinski definition) is 5. The summed E-state index contributed by atoms with van der Waals surface area (Å²) in [7, 11) is 3.25. The van der Waals surface area contributed by atoms with Crippen molar-refractivity contribution >= 4 is 5.71 Å². The molecule has 0 aromatic heterocycles. The zero-order valence-electron chi connectivity index (χ0n) is 16.7. The number of methoxy groups -OCH3 is 2. The Kier molecular flexibility index (Phi) is 4.54. The van der Waals surface area contributed by atoms with Gasteiger partial charge in [-0.3, -0.25) is 0 Å². The Labute approximate surface area is 174 Å². The second-order valence-electron chi connectivity index (χ2n) is 7.24. The lowest BCUT2D eigenvalue weighted by Gasteiger charge is -2.38. The summed E-state index contributed by atoms with van der Waals surface area (Å²) in [5.41, 5.74) is 3.25. The average molecular weight is 404 g/mol. The van der Waals surface area contributed by atoms with Gasteiger partial charge in [0.1, 0.15) is 23.1 Å². The number of benzene rings is 3. The van der Waals surface area contributed by atoms with E-state index >= 15 is 0 Å². The maximum absolute atomic E-state index is 14.6. The van der Waals surface area contributed by atoms with E-state index in [1.165, 1.54) is 6.07 Å². The van der Waals surface area contributed by atoms with Gasteiger partial charge in [0, 0.05) is 23.6 Å². The predicted molar refractivity (Wildman–Crippen MR) is 111 cm³/mol. The summed E-state index contributed by atoms with van der Waals surface area (Å²) in [4.78, 5) is 0. The molecule has 0 aliphatic carbocycles. The number of rotatable bonds is 4. The van der Waals surface area contributed by atoms with Crippen molar-refractivity contribution in [3.63, 3.8) is 0 Å². The smallest absolute Gasteiger partial charge is 0.216 e. The average Bonchev–Trinajstić information content (AvgIpc) is 3.24. The molecule has 3 aromatic rings. The molecular weight excluding hydrogens is 383 g/mol. The third-order valence-electron chi connectivity index (χ3n) is 5.59. The highest BCUT2D eigenvalue weighted by Crippen LogP contribution is 2.48. The summed E-state index contributed by atoms with van der Waals surface area (Å²) in [6.07, 6.45) is 0.0152. The summed E-state index contributed by atoms with van der Waals surface area (Å²) >= 11 is 0. The Balaban J connectivity index is 1.61. The summed E-state index contributed by atoms with van der Waals surface area (Å²) in [5.74, 6) is 1.84. The number of para-hydroxylation sites is 1.